The number of hydrogen-bond acceptors (Lipinski definition) is 2. The van der Waals surface area contributed by atoms with Crippen molar-refractivity contribution in [3.8, 4) is 0 Å². The summed E-state index contributed by atoms with van der Waals surface area (Å²) >= 11 is 0. The van der Waals surface area contributed by atoms with Gasteiger partial charge in [0.1, 0.15) is 5.82 Å². The van der Waals surface area contributed by atoms with Crippen LogP contribution in [0.3, 0.4) is 0 Å². The fourth-order valence-electron chi connectivity index (χ4n) is 1.64. The highest BCUT2D eigenvalue weighted by atomic mass is 19.1. The predicted octanol–water partition coefficient (Wildman–Crippen LogP) is 1.29. The van der Waals surface area contributed by atoms with E-state index in [4.69, 9.17) is 5.73 Å². The normalized spacial score (nSPS) is 16.9. The van der Waals surface area contributed by atoms with E-state index in [2.05, 4.69) is 5.32 Å². The Morgan fingerprint density at radius 1 is 1.50 bits per heavy atom. The number of rotatable bonds is 4. The average Bonchev–Trinajstić information content (AvgIpc) is 3.10. The number of amides is 1. The Morgan fingerprint density at radius 2 is 2.19 bits per heavy atom. The molecule has 0 radical (unpaired) electrons. The Hall–Kier alpha value is -1.42. The summed E-state index contributed by atoms with van der Waals surface area (Å²) in [4.78, 5) is 11.6. The van der Waals surface area contributed by atoms with Gasteiger partial charge in [0.2, 0.25) is 0 Å². The van der Waals surface area contributed by atoms with Gasteiger partial charge in [0, 0.05) is 12.6 Å². The second-order valence-electron chi connectivity index (χ2n) is 4.19. The molecule has 1 aliphatic carbocycles. The first kappa shape index (κ1) is 11.1. The van der Waals surface area contributed by atoms with Crippen molar-refractivity contribution in [2.75, 3.05) is 6.54 Å². The number of carbonyl (C=O) groups excluding carboxylic acids is 1. The standard InChI is InChI=1S/C12H15FN2O/c13-10-4-2-1-3-9(10)12(16)15-7-11(14)8-5-6-8/h1-4,8,11H,5-7,14H2,(H,15,16). The molecule has 1 aromatic carbocycles. The molecule has 1 saturated carbocycles. The molecule has 1 atom stereocenters. The fraction of sp³-hybridized carbons (Fsp3) is 0.417. The summed E-state index contributed by atoms with van der Waals surface area (Å²) in [5.74, 6) is -0.366. The summed E-state index contributed by atoms with van der Waals surface area (Å²) in [6.07, 6.45) is 2.27. The van der Waals surface area contributed by atoms with Gasteiger partial charge in [-0.15, -0.1) is 0 Å². The van der Waals surface area contributed by atoms with E-state index in [9.17, 15) is 9.18 Å². The van der Waals surface area contributed by atoms with Crippen molar-refractivity contribution >= 4 is 5.91 Å². The van der Waals surface area contributed by atoms with Crippen LogP contribution >= 0.6 is 0 Å². The number of nitrogens with two attached hydrogens (primary N) is 1. The lowest BCUT2D eigenvalue weighted by Gasteiger charge is -2.11. The Bertz CT molecular complexity index is 390. The molecule has 0 heterocycles. The van der Waals surface area contributed by atoms with Gasteiger partial charge in [-0.1, -0.05) is 12.1 Å². The lowest BCUT2D eigenvalue weighted by molar-refractivity contribution is 0.0946. The molecule has 3 nitrogen and oxygen atoms in total. The molecule has 3 N–H and O–H groups in total. The third-order valence-electron chi connectivity index (χ3n) is 2.84. The van der Waals surface area contributed by atoms with Crippen LogP contribution in [0, 0.1) is 11.7 Å². The first-order valence-corrected chi connectivity index (χ1v) is 5.47. The van der Waals surface area contributed by atoms with Gasteiger partial charge in [-0.25, -0.2) is 4.39 Å². The molecule has 4 heteroatoms. The van der Waals surface area contributed by atoms with Crippen LogP contribution in [0.25, 0.3) is 0 Å². The summed E-state index contributed by atoms with van der Waals surface area (Å²) < 4.78 is 13.2. The Morgan fingerprint density at radius 3 is 2.81 bits per heavy atom. The van der Waals surface area contributed by atoms with E-state index in [-0.39, 0.29) is 11.6 Å². The van der Waals surface area contributed by atoms with E-state index in [0.29, 0.717) is 12.5 Å². The molecule has 16 heavy (non-hydrogen) atoms. The summed E-state index contributed by atoms with van der Waals surface area (Å²) in [6, 6.07) is 5.93. The minimum atomic E-state index is -0.500. The van der Waals surface area contributed by atoms with E-state index >= 15 is 0 Å². The van der Waals surface area contributed by atoms with E-state index < -0.39 is 11.7 Å². The van der Waals surface area contributed by atoms with Crippen molar-refractivity contribution in [2.24, 2.45) is 11.7 Å². The van der Waals surface area contributed by atoms with E-state index in [1.54, 1.807) is 12.1 Å². The molecule has 1 aliphatic rings. The predicted molar refractivity (Wildman–Crippen MR) is 59.4 cm³/mol. The number of carbonyl (C=O) groups is 1. The maximum atomic E-state index is 13.2. The molecule has 0 spiro atoms. The minimum Gasteiger partial charge on any atom is -0.350 e. The minimum absolute atomic E-state index is 0.00396. The van der Waals surface area contributed by atoms with Crippen molar-refractivity contribution in [3.63, 3.8) is 0 Å². The largest absolute Gasteiger partial charge is 0.350 e. The van der Waals surface area contributed by atoms with Gasteiger partial charge in [-0.3, -0.25) is 4.79 Å². The monoisotopic (exact) mass is 222 g/mol. The van der Waals surface area contributed by atoms with Crippen LogP contribution in [0.4, 0.5) is 4.39 Å². The highest BCUT2D eigenvalue weighted by Gasteiger charge is 2.28. The smallest absolute Gasteiger partial charge is 0.254 e. The topological polar surface area (TPSA) is 55.1 Å². The molecule has 86 valence electrons. The van der Waals surface area contributed by atoms with Crippen molar-refractivity contribution in [2.45, 2.75) is 18.9 Å². The Kier molecular flexibility index (Phi) is 3.19. The van der Waals surface area contributed by atoms with Gasteiger partial charge >= 0.3 is 0 Å². The zero-order valence-corrected chi connectivity index (χ0v) is 8.95. The number of nitrogens with one attached hydrogen (secondary N) is 1. The molecule has 2 rings (SSSR count). The van der Waals surface area contributed by atoms with E-state index in [0.717, 1.165) is 12.8 Å². The fourth-order valence-corrected chi connectivity index (χ4v) is 1.64. The molecule has 0 aliphatic heterocycles. The van der Waals surface area contributed by atoms with Gasteiger partial charge in [-0.05, 0) is 30.9 Å². The second-order valence-corrected chi connectivity index (χ2v) is 4.19. The maximum Gasteiger partial charge on any atom is 0.254 e. The molecule has 1 fully saturated rings. The van der Waals surface area contributed by atoms with Crippen molar-refractivity contribution in [1.82, 2.24) is 5.32 Å². The SMILES string of the molecule is NC(CNC(=O)c1ccccc1F)C1CC1. The summed E-state index contributed by atoms with van der Waals surface area (Å²) in [5, 5.41) is 2.66. The molecule has 0 saturated heterocycles. The van der Waals surface area contributed by atoms with Crippen molar-refractivity contribution in [3.05, 3.63) is 35.6 Å². The molecule has 1 aromatic rings. The number of halogens is 1. The molecule has 0 bridgehead atoms. The van der Waals surface area contributed by atoms with Gasteiger partial charge in [0.05, 0.1) is 5.56 Å². The summed E-state index contributed by atoms with van der Waals surface area (Å²) in [7, 11) is 0. The van der Waals surface area contributed by atoms with Crippen LogP contribution in [-0.4, -0.2) is 18.5 Å². The van der Waals surface area contributed by atoms with Gasteiger partial charge in [0.15, 0.2) is 0 Å². The average molecular weight is 222 g/mol. The molecule has 1 unspecified atom stereocenters. The van der Waals surface area contributed by atoms with Crippen LogP contribution in [-0.2, 0) is 0 Å². The van der Waals surface area contributed by atoms with Gasteiger partial charge < -0.3 is 11.1 Å². The zero-order chi connectivity index (χ0) is 11.5. The Balaban J connectivity index is 1.90. The van der Waals surface area contributed by atoms with E-state index in [1.807, 2.05) is 0 Å². The number of benzene rings is 1. The lowest BCUT2D eigenvalue weighted by Crippen LogP contribution is -2.38. The van der Waals surface area contributed by atoms with Crippen molar-refractivity contribution < 1.29 is 9.18 Å². The summed E-state index contributed by atoms with van der Waals surface area (Å²) in [6.45, 7) is 0.415. The highest BCUT2D eigenvalue weighted by molar-refractivity contribution is 5.94. The molecule has 1 amide bonds. The van der Waals surface area contributed by atoms with Crippen LogP contribution < -0.4 is 11.1 Å². The van der Waals surface area contributed by atoms with Crippen LogP contribution in [0.2, 0.25) is 0 Å². The first-order valence-electron chi connectivity index (χ1n) is 5.47. The third-order valence-corrected chi connectivity index (χ3v) is 2.84. The zero-order valence-electron chi connectivity index (χ0n) is 8.95. The van der Waals surface area contributed by atoms with Crippen molar-refractivity contribution in [1.29, 1.82) is 0 Å². The molecular formula is C12H15FN2O. The van der Waals surface area contributed by atoms with Gasteiger partial charge in [0.25, 0.3) is 5.91 Å². The summed E-state index contributed by atoms with van der Waals surface area (Å²) in [5.41, 5.74) is 5.91. The highest BCUT2D eigenvalue weighted by Crippen LogP contribution is 2.31. The number of hydrogen-bond donors (Lipinski definition) is 2. The maximum absolute atomic E-state index is 13.2. The molecule has 0 aromatic heterocycles. The quantitative estimate of drug-likeness (QED) is 0.806. The molecular weight excluding hydrogens is 207 g/mol. The van der Waals surface area contributed by atoms with Crippen LogP contribution in [0.1, 0.15) is 23.2 Å². The lowest BCUT2D eigenvalue weighted by atomic mass is 10.1. The second kappa shape index (κ2) is 4.61. The third kappa shape index (κ3) is 2.58. The first-order chi connectivity index (χ1) is 7.68. The Labute approximate surface area is 93.8 Å². The van der Waals surface area contributed by atoms with Crippen LogP contribution in [0.15, 0.2) is 24.3 Å². The van der Waals surface area contributed by atoms with Crippen LogP contribution in [0.5, 0.6) is 0 Å². The van der Waals surface area contributed by atoms with Gasteiger partial charge in [-0.2, -0.15) is 0 Å². The van der Waals surface area contributed by atoms with E-state index in [1.165, 1.54) is 12.1 Å².